The van der Waals surface area contributed by atoms with Crippen LogP contribution in [-0.2, 0) is 4.79 Å². The molecule has 0 saturated heterocycles. The second-order valence-electron chi connectivity index (χ2n) is 4.95. The van der Waals surface area contributed by atoms with Crippen LogP contribution >= 0.6 is 0 Å². The molecule has 2 heterocycles. The van der Waals surface area contributed by atoms with Crippen molar-refractivity contribution in [2.24, 2.45) is 0 Å². The van der Waals surface area contributed by atoms with Crippen molar-refractivity contribution >= 4 is 18.3 Å². The fraction of sp³-hybridized carbons (Fsp3) is 0.111. The first kappa shape index (κ1) is 16.4. The van der Waals surface area contributed by atoms with E-state index in [0.29, 0.717) is 34.1 Å². The molecule has 0 saturated carbocycles. The summed E-state index contributed by atoms with van der Waals surface area (Å²) in [7, 11) is 0. The van der Waals surface area contributed by atoms with Gasteiger partial charge in [-0.15, -0.1) is 0 Å². The lowest BCUT2D eigenvalue weighted by atomic mass is 10.2. The van der Waals surface area contributed by atoms with E-state index in [4.69, 9.17) is 24.1 Å². The molecule has 0 aromatic heterocycles. The zero-order chi connectivity index (χ0) is 17.6. The van der Waals surface area contributed by atoms with Crippen LogP contribution in [0.25, 0.3) is 6.08 Å². The molecule has 4 rings (SSSR count). The molecule has 0 spiro atoms. The third kappa shape index (κ3) is 3.72. The molecule has 7 heteroatoms. The van der Waals surface area contributed by atoms with E-state index in [9.17, 15) is 9.59 Å². The lowest BCUT2D eigenvalue weighted by Gasteiger charge is -1.98. The van der Waals surface area contributed by atoms with Crippen LogP contribution in [0.5, 0.6) is 23.0 Å². The molecule has 25 heavy (non-hydrogen) atoms. The number of carboxylic acids is 1. The van der Waals surface area contributed by atoms with Crippen molar-refractivity contribution in [3.63, 3.8) is 0 Å². The van der Waals surface area contributed by atoms with Crippen molar-refractivity contribution in [2.45, 2.75) is 0 Å². The fourth-order valence-electron chi connectivity index (χ4n) is 2.29. The topological polar surface area (TPSA) is 91.3 Å². The van der Waals surface area contributed by atoms with Crippen molar-refractivity contribution in [1.29, 1.82) is 0 Å². The number of ether oxygens (including phenoxy) is 4. The number of rotatable bonds is 3. The Bertz CT molecular complexity index is 826. The van der Waals surface area contributed by atoms with Crippen molar-refractivity contribution in [3.05, 3.63) is 53.6 Å². The van der Waals surface area contributed by atoms with E-state index in [0.717, 1.165) is 12.4 Å². The minimum Gasteiger partial charge on any atom is -0.478 e. The van der Waals surface area contributed by atoms with Crippen LogP contribution in [0.15, 0.2) is 42.5 Å². The number of fused-ring (bicyclic) bond motifs is 2. The van der Waals surface area contributed by atoms with Gasteiger partial charge in [0.2, 0.25) is 13.6 Å². The average Bonchev–Trinajstić information content (AvgIpc) is 3.29. The number of aliphatic carboxylic acids is 1. The second-order valence-corrected chi connectivity index (χ2v) is 4.95. The maximum atomic E-state index is 10.4. The van der Waals surface area contributed by atoms with E-state index in [2.05, 4.69) is 0 Å². The molecular formula is C18H14O7. The second kappa shape index (κ2) is 7.39. The zero-order valence-corrected chi connectivity index (χ0v) is 13.0. The summed E-state index contributed by atoms with van der Waals surface area (Å²) in [5.74, 6) is 1.47. The Labute approximate surface area is 143 Å². The van der Waals surface area contributed by atoms with Gasteiger partial charge in [0.15, 0.2) is 29.3 Å². The smallest absolute Gasteiger partial charge is 0.328 e. The Morgan fingerprint density at radius 3 is 2.00 bits per heavy atom. The molecule has 0 atom stereocenters. The molecule has 2 aromatic rings. The highest BCUT2D eigenvalue weighted by Gasteiger charge is 2.16. The number of carbonyl (C=O) groups excluding carboxylic acids is 1. The third-order valence-electron chi connectivity index (χ3n) is 3.39. The number of carboxylic acid groups (broad SMARTS) is 1. The van der Waals surface area contributed by atoms with Gasteiger partial charge in [0.25, 0.3) is 0 Å². The number of benzene rings is 2. The number of hydrogen-bond acceptors (Lipinski definition) is 6. The maximum Gasteiger partial charge on any atom is 0.328 e. The van der Waals surface area contributed by atoms with E-state index in [-0.39, 0.29) is 13.6 Å². The molecule has 2 aromatic carbocycles. The molecule has 128 valence electrons. The summed E-state index contributed by atoms with van der Waals surface area (Å²) in [6.45, 7) is 0.396. The maximum absolute atomic E-state index is 10.4. The predicted octanol–water partition coefficient (Wildman–Crippen LogP) is 2.74. The third-order valence-corrected chi connectivity index (χ3v) is 3.39. The Morgan fingerprint density at radius 1 is 0.880 bits per heavy atom. The van der Waals surface area contributed by atoms with E-state index in [1.165, 1.54) is 6.08 Å². The van der Waals surface area contributed by atoms with Gasteiger partial charge in [0.05, 0.1) is 5.56 Å². The summed E-state index contributed by atoms with van der Waals surface area (Å²) in [6.07, 6.45) is 3.31. The van der Waals surface area contributed by atoms with E-state index < -0.39 is 5.97 Å². The van der Waals surface area contributed by atoms with Gasteiger partial charge >= 0.3 is 5.97 Å². The number of carbonyl (C=O) groups is 2. The highest BCUT2D eigenvalue weighted by Crippen LogP contribution is 2.36. The standard InChI is InChI=1S/C10H8O4.C8H6O3/c11-9(12)5-4-7-2-1-3-8-10(7)14-6-13-8;9-4-6-2-1-3-7-8(6)11-5-10-7/h1-5H,6H2,(H,11,12);1-4H,5H2. The highest BCUT2D eigenvalue weighted by atomic mass is 16.7. The normalized spacial score (nSPS) is 13.3. The number of hydrogen-bond donors (Lipinski definition) is 1. The lowest BCUT2D eigenvalue weighted by molar-refractivity contribution is -0.131. The van der Waals surface area contributed by atoms with Crippen molar-refractivity contribution < 1.29 is 33.6 Å². The van der Waals surface area contributed by atoms with Crippen LogP contribution in [0.2, 0.25) is 0 Å². The van der Waals surface area contributed by atoms with Crippen LogP contribution in [0.3, 0.4) is 0 Å². The first-order valence-electron chi connectivity index (χ1n) is 7.32. The zero-order valence-electron chi connectivity index (χ0n) is 13.0. The van der Waals surface area contributed by atoms with Crippen molar-refractivity contribution in [1.82, 2.24) is 0 Å². The van der Waals surface area contributed by atoms with Crippen LogP contribution < -0.4 is 18.9 Å². The van der Waals surface area contributed by atoms with Gasteiger partial charge in [0.1, 0.15) is 0 Å². The number of para-hydroxylation sites is 2. The molecule has 0 fully saturated rings. The van der Waals surface area contributed by atoms with Crippen molar-refractivity contribution in [2.75, 3.05) is 13.6 Å². The summed E-state index contributed by atoms with van der Waals surface area (Å²) >= 11 is 0. The van der Waals surface area contributed by atoms with E-state index in [1.54, 1.807) is 36.4 Å². The minimum absolute atomic E-state index is 0.188. The first-order valence-corrected chi connectivity index (χ1v) is 7.32. The molecule has 0 bridgehead atoms. The number of aldehydes is 1. The first-order chi connectivity index (χ1) is 12.2. The molecule has 0 radical (unpaired) electrons. The van der Waals surface area contributed by atoms with E-state index >= 15 is 0 Å². The summed E-state index contributed by atoms with van der Waals surface area (Å²) in [6, 6.07) is 10.6. The van der Waals surface area contributed by atoms with Gasteiger partial charge in [-0.2, -0.15) is 0 Å². The predicted molar refractivity (Wildman–Crippen MR) is 87.2 cm³/mol. The molecule has 7 nitrogen and oxygen atoms in total. The molecule has 0 unspecified atom stereocenters. The molecule has 2 aliphatic rings. The molecule has 1 N–H and O–H groups in total. The SMILES string of the molecule is O=C(O)C=Cc1cccc2c1OCO2.O=Cc1cccc2c1OCO2. The largest absolute Gasteiger partial charge is 0.478 e. The average molecular weight is 342 g/mol. The van der Waals surface area contributed by atoms with Gasteiger partial charge in [-0.05, 0) is 24.3 Å². The van der Waals surface area contributed by atoms with Crippen LogP contribution in [0.4, 0.5) is 0 Å². The van der Waals surface area contributed by atoms with Gasteiger partial charge in [-0.3, -0.25) is 4.79 Å². The van der Waals surface area contributed by atoms with Gasteiger partial charge < -0.3 is 24.1 Å². The molecular weight excluding hydrogens is 328 g/mol. The van der Waals surface area contributed by atoms with Gasteiger partial charge in [-0.1, -0.05) is 18.2 Å². The highest BCUT2D eigenvalue weighted by molar-refractivity contribution is 5.86. The monoisotopic (exact) mass is 342 g/mol. The summed E-state index contributed by atoms with van der Waals surface area (Å²) in [5.41, 5.74) is 1.25. The van der Waals surface area contributed by atoms with Crippen LogP contribution in [0.1, 0.15) is 15.9 Å². The van der Waals surface area contributed by atoms with Crippen LogP contribution in [-0.4, -0.2) is 30.9 Å². The summed E-state index contributed by atoms with van der Waals surface area (Å²) < 4.78 is 20.5. The molecule has 2 aliphatic heterocycles. The molecule has 0 aliphatic carbocycles. The Kier molecular flexibility index (Phi) is 4.84. The minimum atomic E-state index is -0.985. The Hall–Kier alpha value is -3.48. The van der Waals surface area contributed by atoms with Crippen molar-refractivity contribution in [3.8, 4) is 23.0 Å². The van der Waals surface area contributed by atoms with Gasteiger partial charge in [-0.25, -0.2) is 4.79 Å². The lowest BCUT2D eigenvalue weighted by Crippen LogP contribution is -1.94. The summed E-state index contributed by atoms with van der Waals surface area (Å²) in [4.78, 5) is 20.7. The van der Waals surface area contributed by atoms with Crippen LogP contribution in [0, 0.1) is 0 Å². The quantitative estimate of drug-likeness (QED) is 0.677. The fourth-order valence-corrected chi connectivity index (χ4v) is 2.29. The van der Waals surface area contributed by atoms with Gasteiger partial charge in [0, 0.05) is 11.6 Å². The molecule has 0 amide bonds. The summed E-state index contributed by atoms with van der Waals surface area (Å²) in [5, 5.41) is 8.46. The van der Waals surface area contributed by atoms with E-state index in [1.807, 2.05) is 0 Å². The Balaban J connectivity index is 0.000000150. The Morgan fingerprint density at radius 2 is 1.44 bits per heavy atom.